The van der Waals surface area contributed by atoms with Crippen molar-refractivity contribution in [2.45, 2.75) is 18.0 Å². The normalized spacial score (nSPS) is 12.2. The second-order valence-corrected chi connectivity index (χ2v) is 6.26. The maximum Gasteiger partial charge on any atom is 0.433 e. The van der Waals surface area contributed by atoms with Gasteiger partial charge in [-0.05, 0) is 31.2 Å². The Kier molecular flexibility index (Phi) is 4.30. The monoisotopic (exact) mass is 351 g/mol. The van der Waals surface area contributed by atoms with Crippen molar-refractivity contribution < 1.29 is 21.6 Å². The second kappa shape index (κ2) is 5.73. The summed E-state index contributed by atoms with van der Waals surface area (Å²) in [5, 5.41) is -0.278. The number of alkyl halides is 3. The molecule has 0 radical (unpaired) electrons. The van der Waals surface area contributed by atoms with Crippen LogP contribution in [0.2, 0.25) is 5.15 Å². The maximum absolute atomic E-state index is 12.6. The Labute approximate surface area is 129 Å². The van der Waals surface area contributed by atoms with E-state index in [0.717, 1.165) is 18.2 Å². The first kappa shape index (κ1) is 16.5. The van der Waals surface area contributed by atoms with Crippen molar-refractivity contribution in [2.75, 3.05) is 4.72 Å². The Morgan fingerprint density at radius 1 is 1.14 bits per heavy atom. The molecule has 2 rings (SSSR count). The van der Waals surface area contributed by atoms with Crippen LogP contribution in [-0.4, -0.2) is 18.4 Å². The molecule has 0 aliphatic rings. The van der Waals surface area contributed by atoms with Gasteiger partial charge in [-0.15, -0.1) is 0 Å². The molecule has 0 aliphatic heterocycles. The van der Waals surface area contributed by atoms with Gasteiger partial charge in [-0.2, -0.15) is 13.2 Å². The van der Waals surface area contributed by atoms with Crippen molar-refractivity contribution in [3.05, 3.63) is 46.9 Å². The van der Waals surface area contributed by atoms with Crippen molar-refractivity contribution in [1.29, 1.82) is 0 Å². The molecule has 118 valence electrons. The number of aryl methyl sites for hydroxylation is 1. The number of rotatable bonds is 3. The number of hydrogen-bond acceptors (Lipinski definition) is 4. The molecule has 0 saturated carbocycles. The van der Waals surface area contributed by atoms with Crippen LogP contribution in [0.4, 0.5) is 19.0 Å². The summed E-state index contributed by atoms with van der Waals surface area (Å²) in [6, 6.07) is 5.50. The van der Waals surface area contributed by atoms with E-state index in [4.69, 9.17) is 11.6 Å². The third kappa shape index (κ3) is 3.66. The topological polar surface area (TPSA) is 72.0 Å². The fourth-order valence-electron chi connectivity index (χ4n) is 1.55. The van der Waals surface area contributed by atoms with Gasteiger partial charge in [-0.25, -0.2) is 18.4 Å². The van der Waals surface area contributed by atoms with Gasteiger partial charge < -0.3 is 0 Å². The number of nitrogens with zero attached hydrogens (tertiary/aromatic N) is 2. The summed E-state index contributed by atoms with van der Waals surface area (Å²) in [5.74, 6) is -0.466. The summed E-state index contributed by atoms with van der Waals surface area (Å²) >= 11 is 5.75. The second-order valence-electron chi connectivity index (χ2n) is 4.25. The minimum atomic E-state index is -4.68. The van der Waals surface area contributed by atoms with Crippen LogP contribution >= 0.6 is 11.6 Å². The van der Waals surface area contributed by atoms with Crippen molar-refractivity contribution in [1.82, 2.24) is 9.97 Å². The maximum atomic E-state index is 12.6. The first-order valence-electron chi connectivity index (χ1n) is 5.80. The molecule has 0 aliphatic carbocycles. The Hall–Kier alpha value is -1.87. The van der Waals surface area contributed by atoms with E-state index < -0.39 is 27.7 Å². The largest absolute Gasteiger partial charge is 0.433 e. The molecular weight excluding hydrogens is 343 g/mol. The van der Waals surface area contributed by atoms with Gasteiger partial charge in [0, 0.05) is 5.69 Å². The zero-order valence-corrected chi connectivity index (χ0v) is 12.6. The van der Waals surface area contributed by atoms with Crippen LogP contribution in [-0.2, 0) is 16.2 Å². The van der Waals surface area contributed by atoms with Gasteiger partial charge in [0.05, 0.1) is 0 Å². The third-order valence-corrected chi connectivity index (χ3v) is 4.31. The Morgan fingerprint density at radius 2 is 1.82 bits per heavy atom. The molecular formula is C12H9ClF3N3O2S. The van der Waals surface area contributed by atoms with Crippen LogP contribution < -0.4 is 4.72 Å². The summed E-state index contributed by atoms with van der Waals surface area (Å²) < 4.78 is 63.9. The van der Waals surface area contributed by atoms with Crippen LogP contribution in [0.1, 0.15) is 11.4 Å². The van der Waals surface area contributed by atoms with E-state index in [9.17, 15) is 21.6 Å². The van der Waals surface area contributed by atoms with Gasteiger partial charge in [0.1, 0.15) is 21.6 Å². The molecule has 2 heterocycles. The predicted molar refractivity (Wildman–Crippen MR) is 74.0 cm³/mol. The zero-order chi connectivity index (χ0) is 16.5. The first-order chi connectivity index (χ1) is 10.1. The number of anilines is 1. The number of sulfonamides is 1. The van der Waals surface area contributed by atoms with Gasteiger partial charge >= 0.3 is 6.18 Å². The summed E-state index contributed by atoms with van der Waals surface area (Å²) in [4.78, 5) is 6.66. The molecule has 22 heavy (non-hydrogen) atoms. The minimum absolute atomic E-state index is 0.278. The fourth-order valence-corrected chi connectivity index (χ4v) is 3.07. The number of nitrogens with one attached hydrogen (secondary N) is 1. The predicted octanol–water partition coefficient (Wildman–Crippen LogP) is 3.26. The minimum Gasteiger partial charge on any atom is -0.263 e. The highest BCUT2D eigenvalue weighted by Gasteiger charge is 2.32. The molecule has 0 saturated heterocycles. The van der Waals surface area contributed by atoms with E-state index in [-0.39, 0.29) is 10.0 Å². The summed E-state index contributed by atoms with van der Waals surface area (Å²) in [7, 11) is -4.20. The molecule has 10 heteroatoms. The molecule has 1 N–H and O–H groups in total. The van der Waals surface area contributed by atoms with Crippen molar-refractivity contribution in [3.8, 4) is 0 Å². The number of pyridine rings is 2. The highest BCUT2D eigenvalue weighted by molar-refractivity contribution is 7.92. The molecule has 0 amide bonds. The molecule has 0 fully saturated rings. The van der Waals surface area contributed by atoms with Gasteiger partial charge in [-0.1, -0.05) is 17.7 Å². The van der Waals surface area contributed by atoms with Gasteiger partial charge in [0.15, 0.2) is 0 Å². The lowest BCUT2D eigenvalue weighted by Crippen LogP contribution is -2.16. The van der Waals surface area contributed by atoms with Crippen molar-refractivity contribution in [3.63, 3.8) is 0 Å². The number of aromatic nitrogens is 2. The van der Waals surface area contributed by atoms with E-state index in [0.29, 0.717) is 5.69 Å². The van der Waals surface area contributed by atoms with Crippen molar-refractivity contribution >= 4 is 27.4 Å². The molecule has 2 aromatic heterocycles. The lowest BCUT2D eigenvalue weighted by molar-refractivity contribution is -0.141. The van der Waals surface area contributed by atoms with Crippen LogP contribution in [0.15, 0.2) is 35.2 Å². The Balaban J connectivity index is 2.37. The molecule has 5 nitrogen and oxygen atoms in total. The highest BCUT2D eigenvalue weighted by atomic mass is 35.5. The molecule has 0 atom stereocenters. The Morgan fingerprint density at radius 3 is 2.41 bits per heavy atom. The standard InChI is InChI=1S/C12H9ClF3N3O2S/c1-7-5-6-8(11(13)17-7)22(20,21)19-10-4-2-3-9(18-10)12(14,15)16/h2-6H,1H3,(H,18,19). The quantitative estimate of drug-likeness (QED) is 0.861. The van der Waals surface area contributed by atoms with Crippen LogP contribution in [0.5, 0.6) is 0 Å². The van der Waals surface area contributed by atoms with Crippen LogP contribution in [0.3, 0.4) is 0 Å². The lowest BCUT2D eigenvalue weighted by Gasteiger charge is -2.11. The van der Waals surface area contributed by atoms with E-state index in [1.165, 1.54) is 12.1 Å². The molecule has 0 aromatic carbocycles. The molecule has 0 unspecified atom stereocenters. The first-order valence-corrected chi connectivity index (χ1v) is 7.66. The third-order valence-electron chi connectivity index (χ3n) is 2.52. The van der Waals surface area contributed by atoms with Crippen LogP contribution in [0, 0.1) is 6.92 Å². The van der Waals surface area contributed by atoms with Gasteiger partial charge in [-0.3, -0.25) is 4.72 Å². The van der Waals surface area contributed by atoms with E-state index in [2.05, 4.69) is 9.97 Å². The van der Waals surface area contributed by atoms with E-state index >= 15 is 0 Å². The summed E-state index contributed by atoms with van der Waals surface area (Å²) in [6.07, 6.45) is -4.68. The Bertz CT molecular complexity index is 810. The summed E-state index contributed by atoms with van der Waals surface area (Å²) in [5.41, 5.74) is -0.707. The number of halogens is 4. The molecule has 0 spiro atoms. The average molecular weight is 352 g/mol. The van der Waals surface area contributed by atoms with E-state index in [1.807, 2.05) is 4.72 Å². The van der Waals surface area contributed by atoms with E-state index in [1.54, 1.807) is 6.92 Å². The van der Waals surface area contributed by atoms with Gasteiger partial charge in [0.25, 0.3) is 10.0 Å². The lowest BCUT2D eigenvalue weighted by atomic mass is 10.3. The fraction of sp³-hybridized carbons (Fsp3) is 0.167. The highest BCUT2D eigenvalue weighted by Crippen LogP contribution is 2.29. The molecule has 2 aromatic rings. The van der Waals surface area contributed by atoms with Gasteiger partial charge in [0.2, 0.25) is 0 Å². The molecule has 0 bridgehead atoms. The van der Waals surface area contributed by atoms with Crippen molar-refractivity contribution in [2.24, 2.45) is 0 Å². The number of hydrogen-bond donors (Lipinski definition) is 1. The summed E-state index contributed by atoms with van der Waals surface area (Å²) in [6.45, 7) is 1.62. The zero-order valence-electron chi connectivity index (χ0n) is 11.0. The average Bonchev–Trinajstić information content (AvgIpc) is 2.36. The van der Waals surface area contributed by atoms with Crippen LogP contribution in [0.25, 0.3) is 0 Å². The SMILES string of the molecule is Cc1ccc(S(=O)(=O)Nc2cccc(C(F)(F)F)n2)c(Cl)n1. The smallest absolute Gasteiger partial charge is 0.263 e.